The van der Waals surface area contributed by atoms with Crippen LogP contribution in [0.25, 0.3) is 11.0 Å². The van der Waals surface area contributed by atoms with Gasteiger partial charge in [0.25, 0.3) is 0 Å². The predicted molar refractivity (Wildman–Crippen MR) is 58.3 cm³/mol. The third-order valence-electron chi connectivity index (χ3n) is 2.00. The van der Waals surface area contributed by atoms with Crippen molar-refractivity contribution in [3.8, 4) is 0 Å². The molecule has 2 aromatic rings. The number of para-hydroxylation sites is 2. The van der Waals surface area contributed by atoms with Crippen LogP contribution >= 0.6 is 0 Å². The van der Waals surface area contributed by atoms with Crippen molar-refractivity contribution in [3.05, 3.63) is 36.9 Å². The summed E-state index contributed by atoms with van der Waals surface area (Å²) in [5.41, 5.74) is 1.38. The molecule has 1 aromatic heterocycles. The molecule has 0 fully saturated rings. The van der Waals surface area contributed by atoms with Crippen LogP contribution in [0.3, 0.4) is 0 Å². The molecule has 0 spiro atoms. The van der Waals surface area contributed by atoms with Gasteiger partial charge in [-0.1, -0.05) is 18.2 Å². The number of imidazole rings is 1. The smallest absolute Gasteiger partial charge is 0.226 e. The minimum absolute atomic E-state index is 0.00333. The highest BCUT2D eigenvalue weighted by atomic mass is 32.2. The van der Waals surface area contributed by atoms with E-state index >= 15 is 0 Å². The molecular formula is C10H10N2O2S. The van der Waals surface area contributed by atoms with E-state index in [-0.39, 0.29) is 10.9 Å². The Morgan fingerprint density at radius 1 is 1.40 bits per heavy atom. The second-order valence-corrected chi connectivity index (χ2v) is 5.08. The van der Waals surface area contributed by atoms with Crippen LogP contribution in [0.15, 0.2) is 42.1 Å². The Labute approximate surface area is 87.6 Å². The average molecular weight is 222 g/mol. The normalized spacial score (nSPS) is 11.7. The number of hydrogen-bond donors (Lipinski definition) is 1. The number of aromatic amines is 1. The molecule has 1 aromatic carbocycles. The molecule has 4 nitrogen and oxygen atoms in total. The zero-order valence-corrected chi connectivity index (χ0v) is 8.79. The Hall–Kier alpha value is -1.62. The van der Waals surface area contributed by atoms with Gasteiger partial charge in [-0.25, -0.2) is 13.4 Å². The van der Waals surface area contributed by atoms with Crippen molar-refractivity contribution < 1.29 is 8.42 Å². The summed E-state index contributed by atoms with van der Waals surface area (Å²) in [6, 6.07) is 7.19. The topological polar surface area (TPSA) is 62.8 Å². The first-order valence-electron chi connectivity index (χ1n) is 4.42. The molecule has 0 aliphatic carbocycles. The first-order valence-corrected chi connectivity index (χ1v) is 6.07. The summed E-state index contributed by atoms with van der Waals surface area (Å²) in [6.07, 6.45) is 1.35. The van der Waals surface area contributed by atoms with Crippen molar-refractivity contribution in [1.82, 2.24) is 9.97 Å². The molecule has 0 saturated heterocycles. The number of nitrogens with zero attached hydrogens (tertiary/aromatic N) is 1. The second kappa shape index (κ2) is 3.51. The maximum atomic E-state index is 11.6. The Bertz CT molecular complexity index is 566. The molecule has 0 aliphatic rings. The number of fused-ring (bicyclic) bond motifs is 1. The number of rotatable bonds is 3. The number of nitrogens with one attached hydrogen (secondary N) is 1. The summed E-state index contributed by atoms with van der Waals surface area (Å²) >= 11 is 0. The molecule has 15 heavy (non-hydrogen) atoms. The monoisotopic (exact) mass is 222 g/mol. The fourth-order valence-corrected chi connectivity index (χ4v) is 2.28. The summed E-state index contributed by atoms with van der Waals surface area (Å²) in [5, 5.41) is 0.00333. The summed E-state index contributed by atoms with van der Waals surface area (Å²) in [4.78, 5) is 6.79. The molecule has 0 radical (unpaired) electrons. The van der Waals surface area contributed by atoms with Gasteiger partial charge in [-0.15, -0.1) is 6.58 Å². The van der Waals surface area contributed by atoms with Gasteiger partial charge in [-0.05, 0) is 12.1 Å². The van der Waals surface area contributed by atoms with Gasteiger partial charge in [0.2, 0.25) is 15.0 Å². The molecule has 0 unspecified atom stereocenters. The minimum atomic E-state index is -3.36. The van der Waals surface area contributed by atoms with Crippen molar-refractivity contribution in [1.29, 1.82) is 0 Å². The van der Waals surface area contributed by atoms with Gasteiger partial charge in [0, 0.05) is 0 Å². The highest BCUT2D eigenvalue weighted by molar-refractivity contribution is 7.91. The number of hydrogen-bond acceptors (Lipinski definition) is 3. The van der Waals surface area contributed by atoms with Gasteiger partial charge in [0.05, 0.1) is 16.8 Å². The SMILES string of the molecule is C=CCS(=O)(=O)c1nc2ccccc2[nH]1. The Balaban J connectivity index is 2.58. The molecule has 0 bridgehead atoms. The zero-order valence-electron chi connectivity index (χ0n) is 7.97. The van der Waals surface area contributed by atoms with E-state index < -0.39 is 9.84 Å². The van der Waals surface area contributed by atoms with Crippen LogP contribution in [0.1, 0.15) is 0 Å². The number of sulfone groups is 1. The first-order chi connectivity index (χ1) is 7.13. The van der Waals surface area contributed by atoms with E-state index in [0.717, 1.165) is 5.52 Å². The standard InChI is InChI=1S/C10H10N2O2S/c1-2-7-15(13,14)10-11-8-5-3-4-6-9(8)12-10/h2-6H,1,7H2,(H,11,12). The van der Waals surface area contributed by atoms with E-state index in [1.54, 1.807) is 12.1 Å². The minimum Gasteiger partial charge on any atom is -0.329 e. The van der Waals surface area contributed by atoms with Gasteiger partial charge in [0.15, 0.2) is 0 Å². The quantitative estimate of drug-likeness (QED) is 0.801. The van der Waals surface area contributed by atoms with Gasteiger partial charge >= 0.3 is 0 Å². The van der Waals surface area contributed by atoms with E-state index in [1.165, 1.54) is 6.08 Å². The van der Waals surface area contributed by atoms with Crippen LogP contribution < -0.4 is 0 Å². The largest absolute Gasteiger partial charge is 0.329 e. The molecule has 1 heterocycles. The van der Waals surface area contributed by atoms with Gasteiger partial charge in [-0.3, -0.25) is 0 Å². The summed E-state index contributed by atoms with van der Waals surface area (Å²) in [6.45, 7) is 3.40. The van der Waals surface area contributed by atoms with Gasteiger partial charge in [0.1, 0.15) is 0 Å². The summed E-state index contributed by atoms with van der Waals surface area (Å²) < 4.78 is 23.3. The Morgan fingerprint density at radius 3 is 2.80 bits per heavy atom. The number of aromatic nitrogens is 2. The fourth-order valence-electron chi connectivity index (χ4n) is 1.31. The van der Waals surface area contributed by atoms with Gasteiger partial charge in [-0.2, -0.15) is 0 Å². The van der Waals surface area contributed by atoms with Crippen LogP contribution in [-0.2, 0) is 9.84 Å². The Kier molecular flexibility index (Phi) is 2.32. The molecule has 0 amide bonds. The van der Waals surface area contributed by atoms with Crippen LogP contribution in [0, 0.1) is 0 Å². The molecule has 2 rings (SSSR count). The van der Waals surface area contributed by atoms with E-state index in [4.69, 9.17) is 0 Å². The zero-order chi connectivity index (χ0) is 10.9. The molecule has 0 aliphatic heterocycles. The second-order valence-electron chi connectivity index (χ2n) is 3.13. The highest BCUT2D eigenvalue weighted by Crippen LogP contribution is 2.14. The van der Waals surface area contributed by atoms with Crippen molar-refractivity contribution in [2.45, 2.75) is 5.16 Å². The van der Waals surface area contributed by atoms with E-state index in [2.05, 4.69) is 16.5 Å². The summed E-state index contributed by atoms with van der Waals surface area (Å²) in [5.74, 6) is -0.104. The molecule has 0 saturated carbocycles. The van der Waals surface area contributed by atoms with E-state index in [9.17, 15) is 8.42 Å². The lowest BCUT2D eigenvalue weighted by Crippen LogP contribution is -2.06. The lowest BCUT2D eigenvalue weighted by Gasteiger charge is -1.93. The number of H-pyrrole nitrogens is 1. The third-order valence-corrected chi connectivity index (χ3v) is 3.46. The predicted octanol–water partition coefficient (Wildman–Crippen LogP) is 1.52. The molecule has 5 heteroatoms. The number of benzene rings is 1. The molecule has 0 atom stereocenters. The van der Waals surface area contributed by atoms with Gasteiger partial charge < -0.3 is 4.98 Å². The van der Waals surface area contributed by atoms with Crippen molar-refractivity contribution in [3.63, 3.8) is 0 Å². The molecular weight excluding hydrogens is 212 g/mol. The average Bonchev–Trinajstić information content (AvgIpc) is 2.61. The highest BCUT2D eigenvalue weighted by Gasteiger charge is 2.16. The third kappa shape index (κ3) is 1.78. The Morgan fingerprint density at radius 2 is 2.13 bits per heavy atom. The van der Waals surface area contributed by atoms with E-state index in [1.807, 2.05) is 12.1 Å². The van der Waals surface area contributed by atoms with Crippen molar-refractivity contribution >= 4 is 20.9 Å². The van der Waals surface area contributed by atoms with Crippen molar-refractivity contribution in [2.24, 2.45) is 0 Å². The molecule has 78 valence electrons. The van der Waals surface area contributed by atoms with Crippen LogP contribution in [0.5, 0.6) is 0 Å². The lowest BCUT2D eigenvalue weighted by atomic mass is 10.3. The molecule has 1 N–H and O–H groups in total. The lowest BCUT2D eigenvalue weighted by molar-refractivity contribution is 0.592. The first kappa shape index (κ1) is 9.92. The van der Waals surface area contributed by atoms with Crippen molar-refractivity contribution in [2.75, 3.05) is 5.75 Å². The van der Waals surface area contributed by atoms with Crippen LogP contribution in [0.2, 0.25) is 0 Å². The maximum absolute atomic E-state index is 11.6. The summed E-state index contributed by atoms with van der Waals surface area (Å²) in [7, 11) is -3.36. The van der Waals surface area contributed by atoms with Crippen LogP contribution in [-0.4, -0.2) is 24.1 Å². The fraction of sp³-hybridized carbons (Fsp3) is 0.100. The van der Waals surface area contributed by atoms with E-state index in [0.29, 0.717) is 5.52 Å². The maximum Gasteiger partial charge on any atom is 0.226 e. The van der Waals surface area contributed by atoms with Crippen LogP contribution in [0.4, 0.5) is 0 Å².